The molecule has 0 aromatic heterocycles. The molecule has 132 valence electrons. The van der Waals surface area contributed by atoms with Gasteiger partial charge in [-0.15, -0.1) is 0 Å². The molecule has 1 heterocycles. The van der Waals surface area contributed by atoms with Gasteiger partial charge in [0.05, 0.1) is 23.0 Å². The Labute approximate surface area is 160 Å². The van der Waals surface area contributed by atoms with Gasteiger partial charge in [0.25, 0.3) is 0 Å². The Hall–Kier alpha value is -3.38. The number of hydrogen-bond donors (Lipinski definition) is 0. The van der Waals surface area contributed by atoms with E-state index in [1.165, 1.54) is 22.5 Å². The number of para-hydroxylation sites is 2. The number of fused-ring (bicyclic) bond motifs is 1. The van der Waals surface area contributed by atoms with Crippen LogP contribution in [0.3, 0.4) is 0 Å². The molecule has 3 aromatic carbocycles. The fourth-order valence-electron chi connectivity index (χ4n) is 3.47. The first-order chi connectivity index (χ1) is 13.3. The van der Waals surface area contributed by atoms with Crippen molar-refractivity contribution in [2.75, 3.05) is 11.4 Å². The first-order valence-electron chi connectivity index (χ1n) is 9.25. The standard InChI is InChI=1S/C24H21N3/c25-17-20-10-12-21(13-11-20)18-27-15-14-22(16-19-6-2-1-3-7-19)26-23-8-4-5-9-24(23)27/h1-13H,14-16,18H2. The highest BCUT2D eigenvalue weighted by atomic mass is 15.1. The number of nitrogens with zero attached hydrogens (tertiary/aromatic N) is 3. The molecule has 4 rings (SSSR count). The highest BCUT2D eigenvalue weighted by molar-refractivity contribution is 5.92. The van der Waals surface area contributed by atoms with Crippen LogP contribution in [0, 0.1) is 11.3 Å². The number of aliphatic imine (C=N–C) groups is 1. The highest BCUT2D eigenvalue weighted by Crippen LogP contribution is 2.32. The zero-order valence-electron chi connectivity index (χ0n) is 15.2. The SMILES string of the molecule is N#Cc1ccc(CN2CCC(Cc3ccccc3)=Nc3ccccc32)cc1. The van der Waals surface area contributed by atoms with Gasteiger partial charge in [-0.2, -0.15) is 5.26 Å². The Bertz CT molecular complexity index is 982. The van der Waals surface area contributed by atoms with Gasteiger partial charge in [-0.25, -0.2) is 0 Å². The molecule has 27 heavy (non-hydrogen) atoms. The molecule has 1 aliphatic heterocycles. The van der Waals surface area contributed by atoms with Gasteiger partial charge in [-0.1, -0.05) is 54.6 Å². The molecule has 0 N–H and O–H groups in total. The summed E-state index contributed by atoms with van der Waals surface area (Å²) in [5, 5.41) is 8.99. The first kappa shape index (κ1) is 17.1. The molecule has 0 bridgehead atoms. The van der Waals surface area contributed by atoms with E-state index < -0.39 is 0 Å². The number of benzene rings is 3. The molecule has 3 nitrogen and oxygen atoms in total. The fraction of sp³-hybridized carbons (Fsp3) is 0.167. The maximum absolute atomic E-state index is 8.99. The maximum Gasteiger partial charge on any atom is 0.0991 e. The fourth-order valence-corrected chi connectivity index (χ4v) is 3.47. The van der Waals surface area contributed by atoms with Gasteiger partial charge in [-0.05, 0) is 35.4 Å². The second-order valence-corrected chi connectivity index (χ2v) is 6.81. The predicted molar refractivity (Wildman–Crippen MR) is 111 cm³/mol. The van der Waals surface area contributed by atoms with Gasteiger partial charge in [0, 0.05) is 31.6 Å². The molecule has 0 spiro atoms. The minimum absolute atomic E-state index is 0.698. The largest absolute Gasteiger partial charge is 0.365 e. The van der Waals surface area contributed by atoms with Crippen molar-refractivity contribution in [1.29, 1.82) is 5.26 Å². The predicted octanol–water partition coefficient (Wildman–Crippen LogP) is 5.28. The monoisotopic (exact) mass is 351 g/mol. The number of anilines is 1. The third-order valence-corrected chi connectivity index (χ3v) is 4.88. The van der Waals surface area contributed by atoms with Crippen LogP contribution in [-0.2, 0) is 13.0 Å². The van der Waals surface area contributed by atoms with E-state index in [2.05, 4.69) is 53.4 Å². The Morgan fingerprint density at radius 1 is 0.852 bits per heavy atom. The molecule has 0 unspecified atom stereocenters. The Balaban J connectivity index is 1.57. The molecule has 0 amide bonds. The average molecular weight is 351 g/mol. The van der Waals surface area contributed by atoms with E-state index in [0.29, 0.717) is 5.56 Å². The van der Waals surface area contributed by atoms with E-state index in [1.807, 2.05) is 36.4 Å². The lowest BCUT2D eigenvalue weighted by Gasteiger charge is -2.24. The summed E-state index contributed by atoms with van der Waals surface area (Å²) in [7, 11) is 0. The summed E-state index contributed by atoms with van der Waals surface area (Å²) < 4.78 is 0. The van der Waals surface area contributed by atoms with E-state index in [-0.39, 0.29) is 0 Å². The summed E-state index contributed by atoms with van der Waals surface area (Å²) in [4.78, 5) is 7.37. The lowest BCUT2D eigenvalue weighted by atomic mass is 10.1. The molecule has 0 radical (unpaired) electrons. The van der Waals surface area contributed by atoms with E-state index in [9.17, 15) is 0 Å². The lowest BCUT2D eigenvalue weighted by Crippen LogP contribution is -2.24. The van der Waals surface area contributed by atoms with Gasteiger partial charge in [0.15, 0.2) is 0 Å². The second-order valence-electron chi connectivity index (χ2n) is 6.81. The van der Waals surface area contributed by atoms with Crippen molar-refractivity contribution in [2.45, 2.75) is 19.4 Å². The van der Waals surface area contributed by atoms with E-state index in [4.69, 9.17) is 10.3 Å². The zero-order chi connectivity index (χ0) is 18.5. The van der Waals surface area contributed by atoms with Crippen LogP contribution < -0.4 is 4.90 Å². The molecule has 0 aliphatic carbocycles. The third-order valence-electron chi connectivity index (χ3n) is 4.88. The first-order valence-corrected chi connectivity index (χ1v) is 9.25. The van der Waals surface area contributed by atoms with E-state index in [0.717, 1.165) is 31.6 Å². The normalized spacial score (nSPS) is 13.3. The Morgan fingerprint density at radius 3 is 2.37 bits per heavy atom. The average Bonchev–Trinajstić information content (AvgIpc) is 2.89. The molecule has 0 fully saturated rings. The smallest absolute Gasteiger partial charge is 0.0991 e. The van der Waals surface area contributed by atoms with Crippen LogP contribution in [-0.4, -0.2) is 12.3 Å². The van der Waals surface area contributed by atoms with Crippen LogP contribution in [0.1, 0.15) is 23.1 Å². The third kappa shape index (κ3) is 4.07. The summed E-state index contributed by atoms with van der Waals surface area (Å²) in [5.41, 5.74) is 6.63. The van der Waals surface area contributed by atoms with Crippen molar-refractivity contribution in [3.63, 3.8) is 0 Å². The number of nitriles is 1. The molecular weight excluding hydrogens is 330 g/mol. The van der Waals surface area contributed by atoms with Crippen molar-refractivity contribution in [3.05, 3.63) is 95.6 Å². The van der Waals surface area contributed by atoms with E-state index in [1.54, 1.807) is 0 Å². The Morgan fingerprint density at radius 2 is 1.59 bits per heavy atom. The van der Waals surface area contributed by atoms with Gasteiger partial charge >= 0.3 is 0 Å². The van der Waals surface area contributed by atoms with Crippen molar-refractivity contribution in [2.24, 2.45) is 4.99 Å². The molecular formula is C24H21N3. The van der Waals surface area contributed by atoms with Crippen molar-refractivity contribution < 1.29 is 0 Å². The van der Waals surface area contributed by atoms with Crippen molar-refractivity contribution in [3.8, 4) is 6.07 Å². The van der Waals surface area contributed by atoms with Gasteiger partial charge in [0.1, 0.15) is 0 Å². The number of hydrogen-bond acceptors (Lipinski definition) is 3. The molecule has 0 saturated heterocycles. The second kappa shape index (κ2) is 7.88. The molecule has 0 saturated carbocycles. The maximum atomic E-state index is 8.99. The Kier molecular flexibility index (Phi) is 4.98. The minimum atomic E-state index is 0.698. The minimum Gasteiger partial charge on any atom is -0.365 e. The summed E-state index contributed by atoms with van der Waals surface area (Å²) >= 11 is 0. The molecule has 3 aromatic rings. The quantitative estimate of drug-likeness (QED) is 0.641. The molecule has 3 heteroatoms. The highest BCUT2D eigenvalue weighted by Gasteiger charge is 2.17. The van der Waals surface area contributed by atoms with E-state index >= 15 is 0 Å². The lowest BCUT2D eigenvalue weighted by molar-refractivity contribution is 0.809. The molecule has 1 aliphatic rings. The summed E-state index contributed by atoms with van der Waals surface area (Å²) in [6.45, 7) is 1.75. The van der Waals surface area contributed by atoms with Crippen molar-refractivity contribution >= 4 is 17.1 Å². The summed E-state index contributed by atoms with van der Waals surface area (Å²) in [5.74, 6) is 0. The molecule has 0 atom stereocenters. The van der Waals surface area contributed by atoms with Crippen LogP contribution in [0.25, 0.3) is 0 Å². The van der Waals surface area contributed by atoms with Crippen LogP contribution in [0.5, 0.6) is 0 Å². The number of rotatable bonds is 4. The van der Waals surface area contributed by atoms with Crippen LogP contribution >= 0.6 is 0 Å². The topological polar surface area (TPSA) is 39.4 Å². The zero-order valence-corrected chi connectivity index (χ0v) is 15.2. The van der Waals surface area contributed by atoms with Crippen LogP contribution in [0.15, 0.2) is 83.9 Å². The van der Waals surface area contributed by atoms with Gasteiger partial charge in [0.2, 0.25) is 0 Å². The van der Waals surface area contributed by atoms with Crippen LogP contribution in [0.2, 0.25) is 0 Å². The van der Waals surface area contributed by atoms with Gasteiger partial charge in [-0.3, -0.25) is 4.99 Å². The van der Waals surface area contributed by atoms with Crippen molar-refractivity contribution in [1.82, 2.24) is 0 Å². The van der Waals surface area contributed by atoms with Gasteiger partial charge < -0.3 is 4.90 Å². The summed E-state index contributed by atoms with van der Waals surface area (Å²) in [6.07, 6.45) is 1.83. The summed E-state index contributed by atoms with van der Waals surface area (Å²) in [6, 6.07) is 28.9. The van der Waals surface area contributed by atoms with Crippen LogP contribution in [0.4, 0.5) is 11.4 Å².